The Balaban J connectivity index is 2.66. The van der Waals surface area contributed by atoms with Crippen molar-refractivity contribution in [3.63, 3.8) is 0 Å². The van der Waals surface area contributed by atoms with E-state index in [-0.39, 0.29) is 0 Å². The van der Waals surface area contributed by atoms with Gasteiger partial charge in [0.05, 0.1) is 0 Å². The Morgan fingerprint density at radius 1 is 1.67 bits per heavy atom. The van der Waals surface area contributed by atoms with Crippen molar-refractivity contribution in [3.8, 4) is 0 Å². The molecule has 2 heteroatoms. The first-order chi connectivity index (χ1) is 2.91. The Bertz CT molecular complexity index is 42.8. The Morgan fingerprint density at radius 2 is 2.33 bits per heavy atom. The molecular weight excluding hydrogens is 93.0 g/mol. The zero-order chi connectivity index (χ0) is 4.83. The molecule has 0 unspecified atom stereocenters. The topological polar surface area (TPSA) is 12.4 Å². The molecule has 0 aromatic rings. The molecule has 1 nitrogen and oxygen atoms in total. The minimum Gasteiger partial charge on any atom is -0.272 e. The summed E-state index contributed by atoms with van der Waals surface area (Å²) in [6.45, 7) is 2.16. The highest BCUT2D eigenvalue weighted by molar-refractivity contribution is 7.26. The summed E-state index contributed by atoms with van der Waals surface area (Å²) >= 11 is 0. The maximum atomic E-state index is 3.90. The third-order valence-electron chi connectivity index (χ3n) is 0.465. The molecule has 0 aromatic carbocycles. The van der Waals surface area contributed by atoms with E-state index in [1.54, 1.807) is 0 Å². The summed E-state index contributed by atoms with van der Waals surface area (Å²) in [5.74, 6) is 0. The van der Waals surface area contributed by atoms with E-state index in [1.165, 1.54) is 21.0 Å². The lowest BCUT2D eigenvalue weighted by atomic mass is 10.6. The van der Waals surface area contributed by atoms with Crippen molar-refractivity contribution in [1.82, 2.24) is 0 Å². The van der Waals surface area contributed by atoms with Crippen LogP contribution in [0.15, 0.2) is 4.74 Å². The smallest absolute Gasteiger partial charge is 0.0320 e. The van der Waals surface area contributed by atoms with Crippen LogP contribution in [0, 0.1) is 0 Å². The molecule has 0 N–H and O–H groups in total. The summed E-state index contributed by atoms with van der Waals surface area (Å²) < 4.78 is 3.90. The zero-order valence-electron chi connectivity index (χ0n) is 4.31. The molecule has 0 aliphatic heterocycles. The van der Waals surface area contributed by atoms with Gasteiger partial charge in [-0.15, -0.1) is 0 Å². The van der Waals surface area contributed by atoms with E-state index >= 15 is 0 Å². The van der Waals surface area contributed by atoms with Crippen molar-refractivity contribution < 1.29 is 0 Å². The van der Waals surface area contributed by atoms with Crippen LogP contribution in [0.1, 0.15) is 13.3 Å². The Kier molecular flexibility index (Phi) is 5.18. The zero-order valence-corrected chi connectivity index (χ0v) is 5.20. The molecule has 0 heterocycles. The van der Waals surface area contributed by atoms with Gasteiger partial charge in [-0.2, -0.15) is 0 Å². The Hall–Kier alpha value is 0.100. The van der Waals surface area contributed by atoms with Gasteiger partial charge in [-0.1, -0.05) is 6.92 Å². The third kappa shape index (κ3) is 4.10. The molecule has 0 radical (unpaired) electrons. The number of nitrogens with zero attached hydrogens (tertiary/aromatic N) is 1. The van der Waals surface area contributed by atoms with Gasteiger partial charge in [-0.3, -0.25) is 4.74 Å². The van der Waals surface area contributed by atoms with Gasteiger partial charge < -0.3 is 0 Å². The molecule has 0 aromatic heterocycles. The summed E-state index contributed by atoms with van der Waals surface area (Å²) in [6, 6.07) is 0. The highest BCUT2D eigenvalue weighted by Gasteiger charge is 1.67. The number of rotatable bonds is 2. The molecule has 0 fully saturated rings. The Morgan fingerprint density at radius 3 is 2.50 bits per heavy atom. The highest BCUT2D eigenvalue weighted by atomic mass is 31.1. The van der Waals surface area contributed by atoms with Gasteiger partial charge in [0.25, 0.3) is 0 Å². The van der Waals surface area contributed by atoms with E-state index < -0.39 is 0 Å². The van der Waals surface area contributed by atoms with E-state index in [1.807, 2.05) is 7.05 Å². The van der Waals surface area contributed by atoms with Crippen LogP contribution < -0.4 is 0 Å². The molecule has 0 spiro atoms. The van der Waals surface area contributed by atoms with Gasteiger partial charge in [0.1, 0.15) is 0 Å². The van der Waals surface area contributed by atoms with E-state index in [9.17, 15) is 0 Å². The van der Waals surface area contributed by atoms with Gasteiger partial charge in [0.2, 0.25) is 0 Å². The summed E-state index contributed by atoms with van der Waals surface area (Å²) in [5.41, 5.74) is 0. The van der Waals surface area contributed by atoms with E-state index in [0.717, 1.165) is 0 Å². The van der Waals surface area contributed by atoms with Gasteiger partial charge >= 0.3 is 0 Å². The van der Waals surface area contributed by atoms with Crippen LogP contribution in [0.5, 0.6) is 0 Å². The van der Waals surface area contributed by atoms with E-state index in [4.69, 9.17) is 0 Å². The molecule has 0 bridgehead atoms. The number of hydrogen-bond acceptors (Lipinski definition) is 1. The second kappa shape index (κ2) is 5.10. The van der Waals surface area contributed by atoms with Crippen LogP contribution in [0.2, 0.25) is 0 Å². The Labute approximate surface area is 40.7 Å². The summed E-state index contributed by atoms with van der Waals surface area (Å²) in [7, 11) is 3.08. The van der Waals surface area contributed by atoms with Crippen LogP contribution in [0.4, 0.5) is 0 Å². The van der Waals surface area contributed by atoms with Crippen molar-refractivity contribution >= 4 is 8.37 Å². The monoisotopic (exact) mass is 103 g/mol. The molecule has 0 saturated heterocycles. The second-order valence-corrected chi connectivity index (χ2v) is 2.20. The van der Waals surface area contributed by atoms with Gasteiger partial charge in [0.15, 0.2) is 0 Å². The largest absolute Gasteiger partial charge is 0.272 e. The molecule has 0 rings (SSSR count). The summed E-state index contributed by atoms with van der Waals surface area (Å²) in [5, 5.41) is 0. The average molecular weight is 103 g/mol. The first-order valence-corrected chi connectivity index (χ1v) is 3.20. The predicted molar refractivity (Wildman–Crippen MR) is 30.4 cm³/mol. The van der Waals surface area contributed by atoms with Crippen LogP contribution in [-0.4, -0.2) is 13.2 Å². The second-order valence-electron chi connectivity index (χ2n) is 1.07. The molecule has 6 heavy (non-hydrogen) atoms. The summed E-state index contributed by atoms with van der Waals surface area (Å²) in [6.07, 6.45) is 2.47. The van der Waals surface area contributed by atoms with Crippen LogP contribution in [0.25, 0.3) is 0 Å². The van der Waals surface area contributed by atoms with Crippen LogP contribution in [-0.2, 0) is 0 Å². The standard InChI is InChI=1S/C4H10NP/c1-3-4-6-5-2/h3-4H2,1-2H3. The average Bonchev–Trinajstić information content (AvgIpc) is 1.61. The molecule has 0 amide bonds. The van der Waals surface area contributed by atoms with Crippen molar-refractivity contribution in [3.05, 3.63) is 0 Å². The fourth-order valence-corrected chi connectivity index (χ4v) is 0.600. The molecule has 0 aliphatic rings. The van der Waals surface area contributed by atoms with Crippen molar-refractivity contribution in [2.45, 2.75) is 13.3 Å². The minimum atomic E-state index is 1.22. The quantitative estimate of drug-likeness (QED) is 0.475. The maximum Gasteiger partial charge on any atom is 0.0320 e. The molecule has 0 saturated carbocycles. The third-order valence-corrected chi connectivity index (χ3v) is 1.40. The van der Waals surface area contributed by atoms with E-state index in [2.05, 4.69) is 11.7 Å². The maximum absolute atomic E-state index is 3.90. The summed E-state index contributed by atoms with van der Waals surface area (Å²) in [4.78, 5) is 0. The molecule has 0 atom stereocenters. The fraction of sp³-hybridized carbons (Fsp3) is 1.00. The van der Waals surface area contributed by atoms with Crippen molar-refractivity contribution in [1.29, 1.82) is 0 Å². The first kappa shape index (κ1) is 6.10. The lowest BCUT2D eigenvalue weighted by Gasteiger charge is -1.74. The molecular formula is C4H10NP. The van der Waals surface area contributed by atoms with Crippen molar-refractivity contribution in [2.24, 2.45) is 4.74 Å². The molecule has 0 aliphatic carbocycles. The van der Waals surface area contributed by atoms with Gasteiger partial charge in [0, 0.05) is 21.6 Å². The normalized spacial score (nSPS) is 10.3. The van der Waals surface area contributed by atoms with Gasteiger partial charge in [-0.25, -0.2) is 0 Å². The number of hydrogen-bond donors (Lipinski definition) is 0. The highest BCUT2D eigenvalue weighted by Crippen LogP contribution is 1.97. The van der Waals surface area contributed by atoms with Crippen LogP contribution >= 0.6 is 8.37 Å². The lowest BCUT2D eigenvalue weighted by molar-refractivity contribution is 1.10. The van der Waals surface area contributed by atoms with Crippen molar-refractivity contribution in [2.75, 3.05) is 13.2 Å². The SMILES string of the molecule is CCCP=NC. The minimum absolute atomic E-state index is 1.22. The van der Waals surface area contributed by atoms with Gasteiger partial charge in [-0.05, 0) is 6.42 Å². The van der Waals surface area contributed by atoms with Crippen LogP contribution in [0.3, 0.4) is 0 Å². The van der Waals surface area contributed by atoms with E-state index in [0.29, 0.717) is 0 Å². The molecule has 36 valence electrons. The first-order valence-electron chi connectivity index (χ1n) is 2.17. The fourth-order valence-electron chi connectivity index (χ4n) is 0.200. The predicted octanol–water partition coefficient (Wildman–Crippen LogP) is 2.16. The lowest BCUT2D eigenvalue weighted by Crippen LogP contribution is -1.58.